The maximum Gasteiger partial charge on any atom is 0.257 e. The van der Waals surface area contributed by atoms with Crippen LogP contribution in [0.4, 0.5) is 10.1 Å². The molecule has 0 aliphatic carbocycles. The molecule has 3 nitrogen and oxygen atoms in total. The molecule has 0 heterocycles. The SMILES string of the molecule is Cc1ccc(C(=O)NC(=S)Nc2cccc(F)c2)cc1. The minimum Gasteiger partial charge on any atom is -0.332 e. The zero-order chi connectivity index (χ0) is 14.5. The normalized spacial score (nSPS) is 9.90. The van der Waals surface area contributed by atoms with Crippen molar-refractivity contribution in [3.8, 4) is 0 Å². The Kier molecular flexibility index (Phi) is 4.42. The van der Waals surface area contributed by atoms with Crippen LogP contribution in [0.25, 0.3) is 0 Å². The standard InChI is InChI=1S/C15H13FN2OS/c1-10-5-7-11(8-6-10)14(19)18-15(20)17-13-4-2-3-12(16)9-13/h2-9H,1H3,(H2,17,18,19,20). The number of carbonyl (C=O) groups excluding carboxylic acids is 1. The molecule has 0 fully saturated rings. The van der Waals surface area contributed by atoms with E-state index in [0.717, 1.165) is 5.56 Å². The van der Waals surface area contributed by atoms with E-state index in [1.165, 1.54) is 12.1 Å². The maximum atomic E-state index is 13.0. The van der Waals surface area contributed by atoms with E-state index in [1.54, 1.807) is 24.3 Å². The van der Waals surface area contributed by atoms with Crippen molar-refractivity contribution >= 4 is 28.9 Å². The third-order valence-electron chi connectivity index (χ3n) is 2.62. The lowest BCUT2D eigenvalue weighted by Gasteiger charge is -2.09. The Hall–Kier alpha value is -2.27. The first-order chi connectivity index (χ1) is 9.54. The number of anilines is 1. The van der Waals surface area contributed by atoms with Gasteiger partial charge in [-0.25, -0.2) is 4.39 Å². The van der Waals surface area contributed by atoms with Crippen molar-refractivity contribution in [2.75, 3.05) is 5.32 Å². The van der Waals surface area contributed by atoms with E-state index in [9.17, 15) is 9.18 Å². The van der Waals surface area contributed by atoms with Crippen LogP contribution in [-0.2, 0) is 0 Å². The molecule has 5 heteroatoms. The summed E-state index contributed by atoms with van der Waals surface area (Å²) in [6, 6.07) is 13.0. The van der Waals surface area contributed by atoms with Gasteiger partial charge in [0.15, 0.2) is 5.11 Å². The lowest BCUT2D eigenvalue weighted by atomic mass is 10.1. The van der Waals surface area contributed by atoms with Crippen LogP contribution in [0.2, 0.25) is 0 Å². The number of nitrogens with one attached hydrogen (secondary N) is 2. The van der Waals surface area contributed by atoms with Crippen LogP contribution in [-0.4, -0.2) is 11.0 Å². The van der Waals surface area contributed by atoms with E-state index in [4.69, 9.17) is 12.2 Å². The molecule has 2 rings (SSSR count). The van der Waals surface area contributed by atoms with E-state index in [1.807, 2.05) is 19.1 Å². The topological polar surface area (TPSA) is 41.1 Å². The maximum absolute atomic E-state index is 13.0. The Morgan fingerprint density at radius 2 is 1.85 bits per heavy atom. The summed E-state index contributed by atoms with van der Waals surface area (Å²) < 4.78 is 13.0. The van der Waals surface area contributed by atoms with Crippen molar-refractivity contribution in [3.63, 3.8) is 0 Å². The lowest BCUT2D eigenvalue weighted by Crippen LogP contribution is -2.34. The van der Waals surface area contributed by atoms with Crippen molar-refractivity contribution < 1.29 is 9.18 Å². The minimum atomic E-state index is -0.373. The number of benzene rings is 2. The Morgan fingerprint density at radius 3 is 2.50 bits per heavy atom. The van der Waals surface area contributed by atoms with Crippen molar-refractivity contribution in [2.45, 2.75) is 6.92 Å². The second kappa shape index (κ2) is 6.25. The minimum absolute atomic E-state index is 0.126. The number of hydrogen-bond acceptors (Lipinski definition) is 2. The van der Waals surface area contributed by atoms with Gasteiger partial charge >= 0.3 is 0 Å². The highest BCUT2D eigenvalue weighted by Gasteiger charge is 2.07. The van der Waals surface area contributed by atoms with Crippen LogP contribution in [0.1, 0.15) is 15.9 Å². The molecule has 102 valence electrons. The average molecular weight is 288 g/mol. The van der Waals surface area contributed by atoms with Crippen LogP contribution in [0.3, 0.4) is 0 Å². The van der Waals surface area contributed by atoms with Gasteiger partial charge in [-0.2, -0.15) is 0 Å². The fraction of sp³-hybridized carbons (Fsp3) is 0.0667. The third-order valence-corrected chi connectivity index (χ3v) is 2.83. The Bertz CT molecular complexity index is 641. The Morgan fingerprint density at radius 1 is 1.15 bits per heavy atom. The second-order valence-corrected chi connectivity index (χ2v) is 4.69. The van der Waals surface area contributed by atoms with Gasteiger partial charge in [0, 0.05) is 11.3 Å². The molecule has 2 aromatic rings. The zero-order valence-corrected chi connectivity index (χ0v) is 11.6. The molecule has 2 N–H and O–H groups in total. The van der Waals surface area contributed by atoms with Crippen LogP contribution in [0.5, 0.6) is 0 Å². The number of rotatable bonds is 2. The van der Waals surface area contributed by atoms with Gasteiger partial charge in [-0.05, 0) is 49.5 Å². The summed E-state index contributed by atoms with van der Waals surface area (Å²) in [6.45, 7) is 1.94. The molecule has 0 aliphatic rings. The Balaban J connectivity index is 1.97. The zero-order valence-electron chi connectivity index (χ0n) is 10.8. The molecule has 0 radical (unpaired) electrons. The van der Waals surface area contributed by atoms with Gasteiger partial charge in [0.05, 0.1) is 0 Å². The number of amides is 1. The van der Waals surface area contributed by atoms with Crippen LogP contribution >= 0.6 is 12.2 Å². The fourth-order valence-electron chi connectivity index (χ4n) is 1.61. The highest BCUT2D eigenvalue weighted by atomic mass is 32.1. The molecule has 1 amide bonds. The van der Waals surface area contributed by atoms with E-state index in [-0.39, 0.29) is 16.8 Å². The first kappa shape index (κ1) is 14.1. The molecular formula is C15H13FN2OS. The summed E-state index contributed by atoms with van der Waals surface area (Å²) in [5.74, 6) is -0.679. The number of hydrogen-bond donors (Lipinski definition) is 2. The highest BCUT2D eigenvalue weighted by Crippen LogP contribution is 2.09. The molecule has 0 unspecified atom stereocenters. The molecule has 0 bridgehead atoms. The molecule has 0 saturated carbocycles. The lowest BCUT2D eigenvalue weighted by molar-refractivity contribution is 0.0978. The van der Waals surface area contributed by atoms with Gasteiger partial charge in [-0.3, -0.25) is 10.1 Å². The summed E-state index contributed by atoms with van der Waals surface area (Å²) in [5, 5.41) is 5.42. The predicted octanol–water partition coefficient (Wildman–Crippen LogP) is 3.26. The summed E-state index contributed by atoms with van der Waals surface area (Å²) in [5.41, 5.74) is 2.07. The fourth-order valence-corrected chi connectivity index (χ4v) is 1.82. The van der Waals surface area contributed by atoms with Gasteiger partial charge in [-0.1, -0.05) is 23.8 Å². The van der Waals surface area contributed by atoms with E-state index in [0.29, 0.717) is 11.3 Å². The second-order valence-electron chi connectivity index (χ2n) is 4.28. The summed E-state index contributed by atoms with van der Waals surface area (Å²) >= 11 is 5.02. The number of thiocarbonyl (C=S) groups is 1. The van der Waals surface area contributed by atoms with Gasteiger partial charge in [0.1, 0.15) is 5.82 Å². The van der Waals surface area contributed by atoms with Gasteiger partial charge in [0.25, 0.3) is 5.91 Å². The summed E-state index contributed by atoms with van der Waals surface area (Å²) in [7, 11) is 0. The van der Waals surface area contributed by atoms with Crippen LogP contribution < -0.4 is 10.6 Å². The van der Waals surface area contributed by atoms with Gasteiger partial charge in [-0.15, -0.1) is 0 Å². The van der Waals surface area contributed by atoms with Crippen molar-refractivity contribution in [1.82, 2.24) is 5.32 Å². The average Bonchev–Trinajstić information content (AvgIpc) is 2.39. The number of carbonyl (C=O) groups is 1. The molecule has 2 aromatic carbocycles. The van der Waals surface area contributed by atoms with Gasteiger partial charge < -0.3 is 5.32 Å². The smallest absolute Gasteiger partial charge is 0.257 e. The Labute approximate surface area is 121 Å². The van der Waals surface area contributed by atoms with Crippen LogP contribution in [0.15, 0.2) is 48.5 Å². The summed E-state index contributed by atoms with van der Waals surface area (Å²) in [4.78, 5) is 11.9. The van der Waals surface area contributed by atoms with Crippen LogP contribution in [0, 0.1) is 12.7 Å². The van der Waals surface area contributed by atoms with Crippen molar-refractivity contribution in [2.24, 2.45) is 0 Å². The third kappa shape index (κ3) is 3.86. The summed E-state index contributed by atoms with van der Waals surface area (Å²) in [6.07, 6.45) is 0. The molecular weight excluding hydrogens is 275 g/mol. The molecule has 0 spiro atoms. The molecule has 0 aliphatic heterocycles. The predicted molar refractivity (Wildman–Crippen MR) is 81.3 cm³/mol. The molecule has 20 heavy (non-hydrogen) atoms. The first-order valence-corrected chi connectivity index (χ1v) is 6.40. The van der Waals surface area contributed by atoms with E-state index in [2.05, 4.69) is 10.6 Å². The highest BCUT2D eigenvalue weighted by molar-refractivity contribution is 7.80. The molecule has 0 aromatic heterocycles. The first-order valence-electron chi connectivity index (χ1n) is 5.99. The van der Waals surface area contributed by atoms with Gasteiger partial charge in [0.2, 0.25) is 0 Å². The number of halogens is 1. The largest absolute Gasteiger partial charge is 0.332 e. The van der Waals surface area contributed by atoms with Crippen molar-refractivity contribution in [3.05, 3.63) is 65.5 Å². The quantitative estimate of drug-likeness (QED) is 0.833. The van der Waals surface area contributed by atoms with E-state index >= 15 is 0 Å². The number of aryl methyl sites for hydroxylation is 1. The molecule has 0 saturated heterocycles. The van der Waals surface area contributed by atoms with Crippen molar-refractivity contribution in [1.29, 1.82) is 0 Å². The van der Waals surface area contributed by atoms with E-state index < -0.39 is 0 Å². The molecule has 0 atom stereocenters. The monoisotopic (exact) mass is 288 g/mol.